The van der Waals surface area contributed by atoms with Crippen molar-refractivity contribution < 1.29 is 9.13 Å². The maximum absolute atomic E-state index is 13.1. The first-order valence-corrected chi connectivity index (χ1v) is 6.33. The Labute approximate surface area is 105 Å². The van der Waals surface area contributed by atoms with Crippen LogP contribution in [0.3, 0.4) is 0 Å². The number of hydrogen-bond acceptors (Lipinski definition) is 1. The maximum Gasteiger partial charge on any atom is 0.124 e. The van der Waals surface area contributed by atoms with Gasteiger partial charge in [0.2, 0.25) is 0 Å². The van der Waals surface area contributed by atoms with Crippen molar-refractivity contribution in [1.29, 1.82) is 0 Å². The Morgan fingerprint density at radius 3 is 2.50 bits per heavy atom. The first-order chi connectivity index (χ1) is 7.47. The first kappa shape index (κ1) is 13.7. The van der Waals surface area contributed by atoms with E-state index in [9.17, 15) is 4.39 Å². The fourth-order valence-electron chi connectivity index (χ4n) is 1.66. The van der Waals surface area contributed by atoms with Crippen molar-refractivity contribution in [3.8, 4) is 0 Å². The van der Waals surface area contributed by atoms with E-state index < -0.39 is 0 Å². The molecule has 0 N–H and O–H groups in total. The van der Waals surface area contributed by atoms with Crippen LogP contribution in [0.15, 0.2) is 22.7 Å². The van der Waals surface area contributed by atoms with E-state index in [1.807, 2.05) is 13.0 Å². The molecule has 1 atom stereocenters. The summed E-state index contributed by atoms with van der Waals surface area (Å²) in [5.74, 6) is 0.388. The summed E-state index contributed by atoms with van der Waals surface area (Å²) in [5.41, 5.74) is 0.863. The summed E-state index contributed by atoms with van der Waals surface area (Å²) in [6.45, 7) is 6.84. The zero-order valence-corrected chi connectivity index (χ0v) is 11.6. The van der Waals surface area contributed by atoms with Crippen molar-refractivity contribution in [3.63, 3.8) is 0 Å². The van der Waals surface area contributed by atoms with E-state index in [1.165, 1.54) is 12.1 Å². The topological polar surface area (TPSA) is 9.23 Å². The lowest BCUT2D eigenvalue weighted by molar-refractivity contribution is 0.0395. The van der Waals surface area contributed by atoms with Crippen molar-refractivity contribution >= 4 is 15.9 Å². The highest BCUT2D eigenvalue weighted by Gasteiger charge is 2.06. The lowest BCUT2D eigenvalue weighted by Gasteiger charge is -2.15. The lowest BCUT2D eigenvalue weighted by Crippen LogP contribution is -2.11. The molecule has 0 saturated carbocycles. The second-order valence-electron chi connectivity index (χ2n) is 4.53. The Morgan fingerprint density at radius 1 is 1.25 bits per heavy atom. The number of ether oxygens (including phenoxy) is 1. The molecule has 0 spiro atoms. The van der Waals surface area contributed by atoms with E-state index in [2.05, 4.69) is 29.8 Å². The minimum absolute atomic E-state index is 0.210. The fourth-order valence-corrected chi connectivity index (χ4v) is 2.18. The average Bonchev–Trinajstić information content (AvgIpc) is 2.12. The molecule has 0 radical (unpaired) electrons. The van der Waals surface area contributed by atoms with Gasteiger partial charge < -0.3 is 4.74 Å². The molecule has 90 valence electrons. The molecule has 0 aliphatic carbocycles. The van der Waals surface area contributed by atoms with Crippen molar-refractivity contribution in [2.45, 2.75) is 39.9 Å². The van der Waals surface area contributed by atoms with Gasteiger partial charge in [0.1, 0.15) is 5.82 Å². The lowest BCUT2D eigenvalue weighted by atomic mass is 10.1. The van der Waals surface area contributed by atoms with Crippen LogP contribution in [-0.4, -0.2) is 6.10 Å². The van der Waals surface area contributed by atoms with Crippen LogP contribution in [0.1, 0.15) is 32.8 Å². The Balaban J connectivity index is 2.48. The van der Waals surface area contributed by atoms with Crippen LogP contribution < -0.4 is 0 Å². The highest BCUT2D eigenvalue weighted by Crippen LogP contribution is 2.17. The average molecular weight is 289 g/mol. The van der Waals surface area contributed by atoms with Crippen LogP contribution in [0.4, 0.5) is 4.39 Å². The summed E-state index contributed by atoms with van der Waals surface area (Å²) in [6.07, 6.45) is 1.23. The van der Waals surface area contributed by atoms with Crippen molar-refractivity contribution in [3.05, 3.63) is 34.1 Å². The Kier molecular flexibility index (Phi) is 5.42. The third-order valence-corrected chi connectivity index (χ3v) is 2.72. The Morgan fingerprint density at radius 2 is 1.94 bits per heavy atom. The predicted octanol–water partition coefficient (Wildman–Crippen LogP) is 4.54. The van der Waals surface area contributed by atoms with E-state index in [0.717, 1.165) is 16.5 Å². The number of halogens is 2. The summed E-state index contributed by atoms with van der Waals surface area (Å²) in [5, 5.41) is 0. The fraction of sp³-hybridized carbons (Fsp3) is 0.538. The summed E-state index contributed by atoms with van der Waals surface area (Å²) < 4.78 is 19.5. The van der Waals surface area contributed by atoms with Crippen LogP contribution >= 0.6 is 15.9 Å². The zero-order chi connectivity index (χ0) is 12.1. The predicted molar refractivity (Wildman–Crippen MR) is 67.8 cm³/mol. The van der Waals surface area contributed by atoms with Gasteiger partial charge in [0.25, 0.3) is 0 Å². The first-order valence-electron chi connectivity index (χ1n) is 5.54. The number of rotatable bonds is 5. The summed E-state index contributed by atoms with van der Waals surface area (Å²) in [6, 6.07) is 4.83. The quantitative estimate of drug-likeness (QED) is 0.773. The molecule has 3 heteroatoms. The molecule has 1 rings (SSSR count). The molecule has 0 saturated heterocycles. The highest BCUT2D eigenvalue weighted by molar-refractivity contribution is 9.10. The molecule has 1 aromatic carbocycles. The molecule has 0 aliphatic rings. The molecule has 1 aromatic rings. The normalized spacial score (nSPS) is 13.1. The van der Waals surface area contributed by atoms with Crippen LogP contribution in [0.25, 0.3) is 0 Å². The SMILES string of the molecule is CC(C)CC(C)OCc1cc(F)cc(Br)c1. The summed E-state index contributed by atoms with van der Waals surface area (Å²) >= 11 is 3.26. The van der Waals surface area contributed by atoms with E-state index in [4.69, 9.17) is 4.74 Å². The van der Waals surface area contributed by atoms with Crippen LogP contribution in [0.5, 0.6) is 0 Å². The smallest absolute Gasteiger partial charge is 0.124 e. The van der Waals surface area contributed by atoms with Crippen molar-refractivity contribution in [2.75, 3.05) is 0 Å². The van der Waals surface area contributed by atoms with Crippen LogP contribution in [0.2, 0.25) is 0 Å². The molecular weight excluding hydrogens is 271 g/mol. The van der Waals surface area contributed by atoms with Gasteiger partial charge in [-0.05, 0) is 43.0 Å². The Bertz CT molecular complexity index is 318. The van der Waals surface area contributed by atoms with Gasteiger partial charge in [-0.25, -0.2) is 4.39 Å². The maximum atomic E-state index is 13.1. The monoisotopic (exact) mass is 288 g/mol. The molecule has 16 heavy (non-hydrogen) atoms. The van der Waals surface area contributed by atoms with Gasteiger partial charge in [-0.15, -0.1) is 0 Å². The summed E-state index contributed by atoms with van der Waals surface area (Å²) in [4.78, 5) is 0. The minimum Gasteiger partial charge on any atom is -0.374 e. The van der Waals surface area contributed by atoms with E-state index in [1.54, 1.807) is 0 Å². The van der Waals surface area contributed by atoms with Crippen molar-refractivity contribution in [2.24, 2.45) is 5.92 Å². The second kappa shape index (κ2) is 6.36. The molecule has 0 amide bonds. The largest absolute Gasteiger partial charge is 0.374 e. The molecule has 0 aromatic heterocycles. The van der Waals surface area contributed by atoms with Crippen molar-refractivity contribution in [1.82, 2.24) is 0 Å². The van der Waals surface area contributed by atoms with Crippen LogP contribution in [-0.2, 0) is 11.3 Å². The molecule has 0 heterocycles. The molecule has 0 bridgehead atoms. The number of benzene rings is 1. The van der Waals surface area contributed by atoms with E-state index >= 15 is 0 Å². The van der Waals surface area contributed by atoms with Gasteiger partial charge in [-0.1, -0.05) is 29.8 Å². The van der Waals surface area contributed by atoms with Crippen LogP contribution in [0, 0.1) is 11.7 Å². The Hall–Kier alpha value is -0.410. The molecule has 0 aliphatic heterocycles. The highest BCUT2D eigenvalue weighted by atomic mass is 79.9. The van der Waals surface area contributed by atoms with Gasteiger partial charge in [0.15, 0.2) is 0 Å². The standard InChI is InChI=1S/C13H18BrFO/c1-9(2)4-10(3)16-8-11-5-12(14)7-13(15)6-11/h5-7,9-10H,4,8H2,1-3H3. The van der Waals surface area contributed by atoms with Gasteiger partial charge in [0, 0.05) is 4.47 Å². The second-order valence-corrected chi connectivity index (χ2v) is 5.44. The summed E-state index contributed by atoms with van der Waals surface area (Å²) in [7, 11) is 0. The molecular formula is C13H18BrFO. The molecule has 1 unspecified atom stereocenters. The van der Waals surface area contributed by atoms with Gasteiger partial charge in [-0.2, -0.15) is 0 Å². The van der Waals surface area contributed by atoms with Gasteiger partial charge in [-0.3, -0.25) is 0 Å². The molecule has 0 fully saturated rings. The number of hydrogen-bond donors (Lipinski definition) is 0. The zero-order valence-electron chi connectivity index (χ0n) is 9.97. The van der Waals surface area contributed by atoms with E-state index in [0.29, 0.717) is 12.5 Å². The molecule has 1 nitrogen and oxygen atoms in total. The van der Waals surface area contributed by atoms with Gasteiger partial charge in [0.05, 0.1) is 12.7 Å². The third kappa shape index (κ3) is 5.08. The third-order valence-electron chi connectivity index (χ3n) is 2.26. The minimum atomic E-state index is -0.232. The van der Waals surface area contributed by atoms with E-state index in [-0.39, 0.29) is 11.9 Å². The van der Waals surface area contributed by atoms with Gasteiger partial charge >= 0.3 is 0 Å².